The van der Waals surface area contributed by atoms with E-state index in [4.69, 9.17) is 19.5 Å². The maximum atomic E-state index is 12.5. The van der Waals surface area contributed by atoms with Crippen LogP contribution in [-0.2, 0) is 29.2 Å². The molecular formula is C19H26N2O7S3. The van der Waals surface area contributed by atoms with Gasteiger partial charge in [-0.1, -0.05) is 17.7 Å². The van der Waals surface area contributed by atoms with Gasteiger partial charge in [-0.15, -0.1) is 0 Å². The molecule has 0 aromatic heterocycles. The van der Waals surface area contributed by atoms with Gasteiger partial charge in [-0.2, -0.15) is 12.8 Å². The van der Waals surface area contributed by atoms with Gasteiger partial charge in [0, 0.05) is 30.2 Å². The Hall–Kier alpha value is -1.67. The van der Waals surface area contributed by atoms with Crippen molar-refractivity contribution in [3.63, 3.8) is 0 Å². The van der Waals surface area contributed by atoms with Crippen LogP contribution in [0.1, 0.15) is 5.56 Å². The molecule has 0 atom stereocenters. The number of aryl methyl sites for hydroxylation is 1. The van der Waals surface area contributed by atoms with E-state index in [-0.39, 0.29) is 36.9 Å². The number of hydrogen-bond donors (Lipinski definition) is 2. The Morgan fingerprint density at radius 3 is 2.16 bits per heavy atom. The third-order valence-electron chi connectivity index (χ3n) is 4.27. The summed E-state index contributed by atoms with van der Waals surface area (Å²) in [5, 5.41) is 0. The monoisotopic (exact) mass is 490 g/mol. The van der Waals surface area contributed by atoms with Crippen LogP contribution in [-0.4, -0.2) is 64.0 Å². The van der Waals surface area contributed by atoms with E-state index >= 15 is 0 Å². The fourth-order valence-corrected chi connectivity index (χ4v) is 4.70. The Kier molecular flexibility index (Phi) is 9.75. The summed E-state index contributed by atoms with van der Waals surface area (Å²) in [5.74, 6) is -0.755. The molecule has 0 aliphatic rings. The topological polar surface area (TPSA) is 136 Å². The number of nitrogens with zero attached hydrogens (tertiary/aromatic N) is 1. The zero-order chi connectivity index (χ0) is 22.9. The summed E-state index contributed by atoms with van der Waals surface area (Å²) < 4.78 is 61.3. The normalized spacial score (nSPS) is 12.4. The van der Waals surface area contributed by atoms with E-state index in [1.165, 1.54) is 24.3 Å². The first-order valence-electron chi connectivity index (χ1n) is 9.34. The molecule has 31 heavy (non-hydrogen) atoms. The second-order valence-corrected chi connectivity index (χ2v) is 11.3. The lowest BCUT2D eigenvalue weighted by Gasteiger charge is -2.21. The Labute approximate surface area is 187 Å². The molecular weight excluding hydrogens is 464 g/mol. The van der Waals surface area contributed by atoms with Crippen molar-refractivity contribution in [2.75, 3.05) is 43.5 Å². The van der Waals surface area contributed by atoms with Crippen LogP contribution in [0.15, 0.2) is 58.3 Å². The van der Waals surface area contributed by atoms with Crippen molar-refractivity contribution >= 4 is 37.7 Å². The number of rotatable bonds is 13. The summed E-state index contributed by atoms with van der Waals surface area (Å²) in [6, 6.07) is 13.5. The molecule has 0 radical (unpaired) electrons. The minimum Gasteiger partial charge on any atom is -0.399 e. The third kappa shape index (κ3) is 9.99. The molecule has 0 amide bonds. The van der Waals surface area contributed by atoms with Crippen LogP contribution in [0.2, 0.25) is 0 Å². The minimum absolute atomic E-state index is 0.0510. The quantitative estimate of drug-likeness (QED) is 0.107. The molecule has 0 aliphatic heterocycles. The maximum absolute atomic E-state index is 12.5. The standard InChI is InChI=1S/C19H26N2O7S3/c1-16-2-6-18(7-3-16)29-28-27-13-10-21(12-15-31(24,25)26)11-14-30(22,23)19-8-4-17(20)5-9-19/h2-9H,10-15,20H2,1H3,(H,24,25,26). The van der Waals surface area contributed by atoms with E-state index in [9.17, 15) is 16.8 Å². The van der Waals surface area contributed by atoms with Crippen LogP contribution in [0.25, 0.3) is 0 Å². The van der Waals surface area contributed by atoms with Gasteiger partial charge in [0.1, 0.15) is 0 Å². The molecule has 172 valence electrons. The Bertz CT molecular complexity index is 1030. The van der Waals surface area contributed by atoms with Crippen LogP contribution >= 0.6 is 12.0 Å². The molecule has 3 N–H and O–H groups in total. The lowest BCUT2D eigenvalue weighted by molar-refractivity contribution is -0.193. The van der Waals surface area contributed by atoms with Crippen molar-refractivity contribution in [2.45, 2.75) is 16.7 Å². The Balaban J connectivity index is 1.85. The Morgan fingerprint density at radius 1 is 0.935 bits per heavy atom. The van der Waals surface area contributed by atoms with E-state index in [1.807, 2.05) is 31.2 Å². The predicted molar refractivity (Wildman–Crippen MR) is 120 cm³/mol. The molecule has 2 aromatic rings. The SMILES string of the molecule is Cc1ccc(SOOCCN(CCS(=O)(=O)O)CCS(=O)(=O)c2ccc(N)cc2)cc1. The van der Waals surface area contributed by atoms with Gasteiger partial charge in [0.2, 0.25) is 0 Å². The zero-order valence-electron chi connectivity index (χ0n) is 17.0. The molecule has 2 aromatic carbocycles. The first-order chi connectivity index (χ1) is 14.5. The van der Waals surface area contributed by atoms with E-state index in [1.54, 1.807) is 4.90 Å². The summed E-state index contributed by atoms with van der Waals surface area (Å²) in [5.41, 5.74) is 7.16. The molecule has 0 spiro atoms. The van der Waals surface area contributed by atoms with Crippen molar-refractivity contribution in [1.82, 2.24) is 4.90 Å². The number of hydrogen-bond acceptors (Lipinski definition) is 9. The minimum atomic E-state index is -4.19. The number of nitrogens with two attached hydrogens (primary N) is 1. The second-order valence-electron chi connectivity index (χ2n) is 6.80. The highest BCUT2D eigenvalue weighted by Gasteiger charge is 2.18. The summed E-state index contributed by atoms with van der Waals surface area (Å²) >= 11 is 1.03. The Morgan fingerprint density at radius 2 is 1.55 bits per heavy atom. The van der Waals surface area contributed by atoms with Crippen LogP contribution in [0.5, 0.6) is 0 Å². The predicted octanol–water partition coefficient (Wildman–Crippen LogP) is 2.20. The van der Waals surface area contributed by atoms with Crippen LogP contribution < -0.4 is 5.73 Å². The number of anilines is 1. The van der Waals surface area contributed by atoms with Crippen LogP contribution in [0.3, 0.4) is 0 Å². The summed E-state index contributed by atoms with van der Waals surface area (Å²) in [7, 11) is -7.77. The van der Waals surface area contributed by atoms with Gasteiger partial charge in [0.25, 0.3) is 10.1 Å². The number of sulfone groups is 1. The van der Waals surface area contributed by atoms with Gasteiger partial charge in [0.15, 0.2) is 9.84 Å². The van der Waals surface area contributed by atoms with Crippen LogP contribution in [0.4, 0.5) is 5.69 Å². The average molecular weight is 491 g/mol. The molecule has 12 heteroatoms. The average Bonchev–Trinajstić information content (AvgIpc) is 2.70. The van der Waals surface area contributed by atoms with Gasteiger partial charge < -0.3 is 5.73 Å². The molecule has 2 rings (SSSR count). The molecule has 0 aliphatic carbocycles. The van der Waals surface area contributed by atoms with Crippen LogP contribution in [0, 0.1) is 6.92 Å². The van der Waals surface area contributed by atoms with Crippen molar-refractivity contribution in [2.24, 2.45) is 0 Å². The highest BCUT2D eigenvalue weighted by molar-refractivity contribution is 7.94. The molecule has 0 bridgehead atoms. The van der Waals surface area contributed by atoms with E-state index in [0.717, 1.165) is 22.5 Å². The van der Waals surface area contributed by atoms with E-state index < -0.39 is 25.7 Å². The fourth-order valence-electron chi connectivity index (χ4n) is 2.48. The second kappa shape index (κ2) is 11.8. The van der Waals surface area contributed by atoms with E-state index in [0.29, 0.717) is 5.69 Å². The summed E-state index contributed by atoms with van der Waals surface area (Å²) in [4.78, 5) is 7.66. The third-order valence-corrected chi connectivity index (χ3v) is 7.31. The highest BCUT2D eigenvalue weighted by atomic mass is 32.2. The summed E-state index contributed by atoms with van der Waals surface area (Å²) in [6.45, 7) is 2.26. The molecule has 9 nitrogen and oxygen atoms in total. The van der Waals surface area contributed by atoms with E-state index in [2.05, 4.69) is 0 Å². The molecule has 0 saturated heterocycles. The van der Waals surface area contributed by atoms with Crippen molar-refractivity contribution in [3.05, 3.63) is 54.1 Å². The van der Waals surface area contributed by atoms with Gasteiger partial charge in [-0.25, -0.2) is 13.3 Å². The van der Waals surface area contributed by atoms with Crippen molar-refractivity contribution < 1.29 is 30.6 Å². The molecule has 0 fully saturated rings. The number of benzene rings is 2. The van der Waals surface area contributed by atoms with Gasteiger partial charge in [0.05, 0.1) is 35.1 Å². The molecule has 0 saturated carbocycles. The van der Waals surface area contributed by atoms with Gasteiger partial charge in [-0.05, 0) is 43.3 Å². The number of nitrogen functional groups attached to an aromatic ring is 1. The van der Waals surface area contributed by atoms with Crippen molar-refractivity contribution in [1.29, 1.82) is 0 Å². The summed E-state index contributed by atoms with van der Waals surface area (Å²) in [6.07, 6.45) is 0. The van der Waals surface area contributed by atoms with Gasteiger partial charge in [-0.3, -0.25) is 9.45 Å². The molecule has 0 unspecified atom stereocenters. The highest BCUT2D eigenvalue weighted by Crippen LogP contribution is 2.19. The molecule has 0 heterocycles. The smallest absolute Gasteiger partial charge is 0.266 e. The zero-order valence-corrected chi connectivity index (χ0v) is 19.5. The van der Waals surface area contributed by atoms with Crippen molar-refractivity contribution in [3.8, 4) is 0 Å². The van der Waals surface area contributed by atoms with Gasteiger partial charge >= 0.3 is 0 Å². The largest absolute Gasteiger partial charge is 0.399 e. The lowest BCUT2D eigenvalue weighted by atomic mass is 10.2. The maximum Gasteiger partial charge on any atom is 0.266 e. The first-order valence-corrected chi connectivity index (χ1v) is 13.3. The first kappa shape index (κ1) is 25.6. The fraction of sp³-hybridized carbons (Fsp3) is 0.368. The lowest BCUT2D eigenvalue weighted by Crippen LogP contribution is -2.36.